The van der Waals surface area contributed by atoms with E-state index in [0.29, 0.717) is 5.69 Å². The number of para-hydroxylation sites is 1. The SMILES string of the molecule is Cc1cccc(C)c1NC(=O)CN(C)CC(=O)NCC(F)(F)F. The molecule has 8 heteroatoms. The molecule has 0 aromatic heterocycles. The maximum atomic E-state index is 12.0. The number of halogens is 3. The van der Waals surface area contributed by atoms with E-state index in [1.54, 1.807) is 5.32 Å². The van der Waals surface area contributed by atoms with Crippen LogP contribution in [-0.2, 0) is 9.59 Å². The van der Waals surface area contributed by atoms with E-state index in [1.165, 1.54) is 11.9 Å². The number of nitrogens with one attached hydrogen (secondary N) is 2. The highest BCUT2D eigenvalue weighted by atomic mass is 19.4. The van der Waals surface area contributed by atoms with Gasteiger partial charge in [0.1, 0.15) is 6.54 Å². The Bertz CT molecular complexity index is 553. The molecule has 2 N–H and O–H groups in total. The second-order valence-electron chi connectivity index (χ2n) is 5.38. The van der Waals surface area contributed by atoms with Crippen molar-refractivity contribution in [2.24, 2.45) is 0 Å². The lowest BCUT2D eigenvalue weighted by Crippen LogP contribution is -2.42. The average Bonchev–Trinajstić information content (AvgIpc) is 2.40. The molecule has 5 nitrogen and oxygen atoms in total. The number of rotatable bonds is 6. The van der Waals surface area contributed by atoms with Gasteiger partial charge in [-0.1, -0.05) is 18.2 Å². The fraction of sp³-hybridized carbons (Fsp3) is 0.467. The van der Waals surface area contributed by atoms with Crippen molar-refractivity contribution in [1.82, 2.24) is 10.2 Å². The van der Waals surface area contributed by atoms with E-state index in [9.17, 15) is 22.8 Å². The molecule has 0 bridgehead atoms. The molecule has 0 saturated heterocycles. The molecular weight excluding hydrogens is 311 g/mol. The number of carbonyl (C=O) groups excluding carboxylic acids is 2. The summed E-state index contributed by atoms with van der Waals surface area (Å²) in [6.45, 7) is 1.94. The van der Waals surface area contributed by atoms with E-state index in [-0.39, 0.29) is 19.0 Å². The number of alkyl halides is 3. The van der Waals surface area contributed by atoms with Crippen LogP contribution in [0.1, 0.15) is 11.1 Å². The molecule has 0 heterocycles. The molecule has 0 atom stereocenters. The Morgan fingerprint density at radius 1 is 1.09 bits per heavy atom. The monoisotopic (exact) mass is 331 g/mol. The Balaban J connectivity index is 2.46. The van der Waals surface area contributed by atoms with Crippen LogP contribution in [0.5, 0.6) is 0 Å². The van der Waals surface area contributed by atoms with Gasteiger partial charge in [-0.25, -0.2) is 0 Å². The molecule has 23 heavy (non-hydrogen) atoms. The molecule has 0 aliphatic rings. The van der Waals surface area contributed by atoms with Gasteiger partial charge in [-0.2, -0.15) is 13.2 Å². The summed E-state index contributed by atoms with van der Waals surface area (Å²) in [6.07, 6.45) is -4.45. The summed E-state index contributed by atoms with van der Waals surface area (Å²) >= 11 is 0. The van der Waals surface area contributed by atoms with Crippen molar-refractivity contribution in [2.75, 3.05) is 32.0 Å². The first-order valence-corrected chi connectivity index (χ1v) is 6.96. The first-order chi connectivity index (χ1) is 10.6. The van der Waals surface area contributed by atoms with Gasteiger partial charge in [-0.15, -0.1) is 0 Å². The molecule has 2 amide bonds. The molecule has 0 saturated carbocycles. The number of benzene rings is 1. The summed E-state index contributed by atoms with van der Waals surface area (Å²) in [4.78, 5) is 24.7. The van der Waals surface area contributed by atoms with Gasteiger partial charge in [-0.3, -0.25) is 14.5 Å². The van der Waals surface area contributed by atoms with E-state index in [0.717, 1.165) is 11.1 Å². The summed E-state index contributed by atoms with van der Waals surface area (Å²) in [5, 5.41) is 4.50. The number of amides is 2. The van der Waals surface area contributed by atoms with E-state index in [2.05, 4.69) is 5.32 Å². The summed E-state index contributed by atoms with van der Waals surface area (Å²) < 4.78 is 36.0. The fourth-order valence-electron chi connectivity index (χ4n) is 1.99. The van der Waals surface area contributed by atoms with Crippen molar-refractivity contribution in [2.45, 2.75) is 20.0 Å². The van der Waals surface area contributed by atoms with Gasteiger partial charge in [0, 0.05) is 5.69 Å². The van der Waals surface area contributed by atoms with Crippen LogP contribution in [0, 0.1) is 13.8 Å². The minimum atomic E-state index is -4.45. The summed E-state index contributed by atoms with van der Waals surface area (Å²) in [6, 6.07) is 5.59. The van der Waals surface area contributed by atoms with Gasteiger partial charge in [0.15, 0.2) is 0 Å². The van der Waals surface area contributed by atoms with Crippen molar-refractivity contribution in [1.29, 1.82) is 0 Å². The van der Waals surface area contributed by atoms with Crippen molar-refractivity contribution in [3.63, 3.8) is 0 Å². The maximum absolute atomic E-state index is 12.0. The number of carbonyl (C=O) groups is 2. The third-order valence-corrected chi connectivity index (χ3v) is 3.06. The van der Waals surface area contributed by atoms with Crippen molar-refractivity contribution in [3.05, 3.63) is 29.3 Å². The first-order valence-electron chi connectivity index (χ1n) is 6.96. The zero-order chi connectivity index (χ0) is 17.6. The quantitative estimate of drug-likeness (QED) is 0.836. The number of aryl methyl sites for hydroxylation is 2. The predicted molar refractivity (Wildman–Crippen MR) is 81.1 cm³/mol. The first kappa shape index (κ1) is 19.0. The highest BCUT2D eigenvalue weighted by Gasteiger charge is 2.27. The zero-order valence-electron chi connectivity index (χ0n) is 13.3. The average molecular weight is 331 g/mol. The van der Waals surface area contributed by atoms with Gasteiger partial charge in [0.2, 0.25) is 11.8 Å². The Kier molecular flexibility index (Phi) is 6.56. The third kappa shape index (κ3) is 7.14. The smallest absolute Gasteiger partial charge is 0.346 e. The van der Waals surface area contributed by atoms with E-state index in [4.69, 9.17) is 0 Å². The topological polar surface area (TPSA) is 61.4 Å². The standard InChI is InChI=1S/C15H20F3N3O2/c1-10-5-4-6-11(2)14(10)20-13(23)8-21(3)7-12(22)19-9-15(16,17)18/h4-6H,7-9H2,1-3H3,(H,19,22)(H,20,23). The second-order valence-corrected chi connectivity index (χ2v) is 5.38. The Hall–Kier alpha value is -2.09. The Morgan fingerprint density at radius 2 is 1.61 bits per heavy atom. The van der Waals surface area contributed by atoms with E-state index in [1.807, 2.05) is 32.0 Å². The minimum absolute atomic E-state index is 0.104. The summed E-state index contributed by atoms with van der Waals surface area (Å²) in [7, 11) is 1.48. The van der Waals surface area contributed by atoms with Gasteiger partial charge in [0.25, 0.3) is 0 Å². The fourth-order valence-corrected chi connectivity index (χ4v) is 1.99. The van der Waals surface area contributed by atoms with Crippen LogP contribution in [-0.4, -0.2) is 49.6 Å². The number of likely N-dealkylation sites (N-methyl/N-ethyl adjacent to an activating group) is 1. The molecule has 1 rings (SSSR count). The van der Waals surface area contributed by atoms with Crippen LogP contribution in [0.4, 0.5) is 18.9 Å². The van der Waals surface area contributed by atoms with Crippen molar-refractivity contribution >= 4 is 17.5 Å². The van der Waals surface area contributed by atoms with Crippen LogP contribution >= 0.6 is 0 Å². The highest BCUT2D eigenvalue weighted by molar-refractivity contribution is 5.94. The highest BCUT2D eigenvalue weighted by Crippen LogP contribution is 2.19. The molecule has 0 spiro atoms. The molecule has 0 aliphatic carbocycles. The number of hydrogen-bond acceptors (Lipinski definition) is 3. The van der Waals surface area contributed by atoms with Crippen LogP contribution < -0.4 is 10.6 Å². The number of nitrogens with zero attached hydrogens (tertiary/aromatic N) is 1. The van der Waals surface area contributed by atoms with Crippen LogP contribution in [0.15, 0.2) is 18.2 Å². The normalized spacial score (nSPS) is 11.4. The lowest BCUT2D eigenvalue weighted by atomic mass is 10.1. The minimum Gasteiger partial charge on any atom is -0.346 e. The van der Waals surface area contributed by atoms with Gasteiger partial charge in [-0.05, 0) is 32.0 Å². The molecule has 0 radical (unpaired) electrons. The summed E-state index contributed by atoms with van der Waals surface area (Å²) in [5.41, 5.74) is 2.51. The molecule has 1 aromatic rings. The molecule has 0 unspecified atom stereocenters. The Morgan fingerprint density at radius 3 is 2.13 bits per heavy atom. The Labute approximate surface area is 132 Å². The van der Waals surface area contributed by atoms with Crippen molar-refractivity contribution < 1.29 is 22.8 Å². The molecule has 128 valence electrons. The third-order valence-electron chi connectivity index (χ3n) is 3.06. The van der Waals surface area contributed by atoms with Gasteiger partial charge < -0.3 is 10.6 Å². The zero-order valence-corrected chi connectivity index (χ0v) is 13.3. The molecule has 1 aromatic carbocycles. The lowest BCUT2D eigenvalue weighted by Gasteiger charge is -2.17. The van der Waals surface area contributed by atoms with Gasteiger partial charge >= 0.3 is 6.18 Å². The molecule has 0 fully saturated rings. The van der Waals surface area contributed by atoms with E-state index >= 15 is 0 Å². The van der Waals surface area contributed by atoms with E-state index < -0.39 is 18.6 Å². The number of anilines is 1. The van der Waals surface area contributed by atoms with Crippen LogP contribution in [0.3, 0.4) is 0 Å². The second kappa shape index (κ2) is 7.96. The largest absolute Gasteiger partial charge is 0.405 e. The van der Waals surface area contributed by atoms with Crippen molar-refractivity contribution in [3.8, 4) is 0 Å². The summed E-state index contributed by atoms with van der Waals surface area (Å²) in [5.74, 6) is -1.13. The van der Waals surface area contributed by atoms with Gasteiger partial charge in [0.05, 0.1) is 13.1 Å². The molecular formula is C15H20F3N3O2. The maximum Gasteiger partial charge on any atom is 0.405 e. The number of hydrogen-bond donors (Lipinski definition) is 2. The predicted octanol–water partition coefficient (Wildman–Crippen LogP) is 1.85. The van der Waals surface area contributed by atoms with Crippen LogP contribution in [0.2, 0.25) is 0 Å². The lowest BCUT2D eigenvalue weighted by molar-refractivity contribution is -0.139. The molecule has 0 aliphatic heterocycles. The van der Waals surface area contributed by atoms with Crippen LogP contribution in [0.25, 0.3) is 0 Å².